The number of rotatable bonds is 4. The molecule has 0 unspecified atom stereocenters. The molecule has 0 saturated heterocycles. The number of hydrogen-bond acceptors (Lipinski definition) is 2. The van der Waals surface area contributed by atoms with Crippen molar-refractivity contribution in [1.82, 2.24) is 0 Å². The molecule has 148 valence electrons. The van der Waals surface area contributed by atoms with Crippen LogP contribution in [0.5, 0.6) is 0 Å². The van der Waals surface area contributed by atoms with Crippen LogP contribution in [0.4, 0.5) is 11.4 Å². The molecular formula is C26H22N2O2. The fourth-order valence-corrected chi connectivity index (χ4v) is 3.37. The second-order valence-corrected chi connectivity index (χ2v) is 7.37. The van der Waals surface area contributed by atoms with E-state index in [2.05, 4.69) is 16.7 Å². The molecule has 4 heteroatoms. The number of anilines is 2. The number of benzene rings is 4. The number of para-hydroxylation sites is 1. The molecule has 0 aromatic heterocycles. The van der Waals surface area contributed by atoms with Crippen LogP contribution in [0, 0.1) is 13.8 Å². The summed E-state index contributed by atoms with van der Waals surface area (Å²) in [6.45, 7) is 3.92. The Hall–Kier alpha value is -3.92. The molecule has 0 spiro atoms. The number of amides is 2. The van der Waals surface area contributed by atoms with E-state index in [1.54, 1.807) is 18.2 Å². The van der Waals surface area contributed by atoms with Crippen molar-refractivity contribution in [3.63, 3.8) is 0 Å². The fourth-order valence-electron chi connectivity index (χ4n) is 3.37. The minimum atomic E-state index is -0.188. The summed E-state index contributed by atoms with van der Waals surface area (Å²) >= 11 is 0. The Morgan fingerprint density at radius 3 is 2.03 bits per heavy atom. The van der Waals surface area contributed by atoms with Gasteiger partial charge in [-0.15, -0.1) is 0 Å². The highest BCUT2D eigenvalue weighted by Gasteiger charge is 2.12. The third kappa shape index (κ3) is 4.23. The molecule has 2 N–H and O–H groups in total. The first-order valence-corrected chi connectivity index (χ1v) is 9.78. The molecule has 0 atom stereocenters. The molecule has 4 aromatic rings. The minimum absolute atomic E-state index is 0.179. The topological polar surface area (TPSA) is 58.2 Å². The third-order valence-electron chi connectivity index (χ3n) is 5.03. The van der Waals surface area contributed by atoms with Gasteiger partial charge in [-0.25, -0.2) is 0 Å². The van der Waals surface area contributed by atoms with E-state index in [-0.39, 0.29) is 11.8 Å². The summed E-state index contributed by atoms with van der Waals surface area (Å²) in [6.07, 6.45) is 0. The smallest absolute Gasteiger partial charge is 0.255 e. The zero-order chi connectivity index (χ0) is 21.1. The van der Waals surface area contributed by atoms with Gasteiger partial charge >= 0.3 is 0 Å². The maximum atomic E-state index is 12.7. The first kappa shape index (κ1) is 19.4. The van der Waals surface area contributed by atoms with E-state index in [9.17, 15) is 9.59 Å². The van der Waals surface area contributed by atoms with Crippen molar-refractivity contribution in [3.05, 3.63) is 107 Å². The van der Waals surface area contributed by atoms with Crippen molar-refractivity contribution in [1.29, 1.82) is 0 Å². The Morgan fingerprint density at radius 2 is 1.27 bits per heavy atom. The van der Waals surface area contributed by atoms with Crippen LogP contribution in [0.1, 0.15) is 31.8 Å². The van der Waals surface area contributed by atoms with Gasteiger partial charge in [-0.1, -0.05) is 48.0 Å². The van der Waals surface area contributed by atoms with E-state index in [4.69, 9.17) is 0 Å². The highest BCUT2D eigenvalue weighted by atomic mass is 16.2. The van der Waals surface area contributed by atoms with E-state index in [1.165, 1.54) is 5.56 Å². The largest absolute Gasteiger partial charge is 0.322 e. The number of nitrogens with one attached hydrogen (secondary N) is 2. The highest BCUT2D eigenvalue weighted by molar-refractivity contribution is 6.08. The molecule has 0 heterocycles. The summed E-state index contributed by atoms with van der Waals surface area (Å²) in [5.41, 5.74) is 4.56. The lowest BCUT2D eigenvalue weighted by molar-refractivity contribution is 0.102. The number of aryl methyl sites for hydroxylation is 2. The van der Waals surface area contributed by atoms with Gasteiger partial charge in [0, 0.05) is 22.5 Å². The molecule has 4 aromatic carbocycles. The van der Waals surface area contributed by atoms with Gasteiger partial charge in [-0.05, 0) is 72.6 Å². The summed E-state index contributed by atoms with van der Waals surface area (Å²) in [6, 6.07) is 26.4. The van der Waals surface area contributed by atoms with Gasteiger partial charge in [-0.3, -0.25) is 9.59 Å². The summed E-state index contributed by atoms with van der Waals surface area (Å²) in [7, 11) is 0. The monoisotopic (exact) mass is 394 g/mol. The molecule has 0 aliphatic rings. The summed E-state index contributed by atoms with van der Waals surface area (Å²) in [5.74, 6) is -0.367. The second kappa shape index (κ2) is 8.21. The minimum Gasteiger partial charge on any atom is -0.322 e. The van der Waals surface area contributed by atoms with E-state index in [0.29, 0.717) is 16.8 Å². The van der Waals surface area contributed by atoms with Crippen molar-refractivity contribution in [2.45, 2.75) is 13.8 Å². The van der Waals surface area contributed by atoms with E-state index < -0.39 is 0 Å². The van der Waals surface area contributed by atoms with Gasteiger partial charge in [0.15, 0.2) is 0 Å². The molecule has 0 radical (unpaired) electrons. The maximum Gasteiger partial charge on any atom is 0.255 e. The van der Waals surface area contributed by atoms with Gasteiger partial charge < -0.3 is 10.6 Å². The molecule has 0 aliphatic heterocycles. The molecule has 0 bridgehead atoms. The van der Waals surface area contributed by atoms with Crippen LogP contribution in [0.2, 0.25) is 0 Å². The van der Waals surface area contributed by atoms with Crippen LogP contribution >= 0.6 is 0 Å². The average Bonchev–Trinajstić information content (AvgIpc) is 2.75. The van der Waals surface area contributed by atoms with E-state index >= 15 is 0 Å². The lowest BCUT2D eigenvalue weighted by Gasteiger charge is -2.11. The Labute approximate surface area is 175 Å². The summed E-state index contributed by atoms with van der Waals surface area (Å²) < 4.78 is 0. The van der Waals surface area contributed by atoms with Gasteiger partial charge in [0.05, 0.1) is 0 Å². The molecule has 4 rings (SSSR count). The number of fused-ring (bicyclic) bond motifs is 1. The van der Waals surface area contributed by atoms with Crippen molar-refractivity contribution >= 4 is 34.0 Å². The van der Waals surface area contributed by atoms with Crippen molar-refractivity contribution in [2.75, 3.05) is 10.6 Å². The van der Waals surface area contributed by atoms with Gasteiger partial charge in [0.1, 0.15) is 0 Å². The number of carbonyl (C=O) groups is 2. The first-order chi connectivity index (χ1) is 14.5. The van der Waals surface area contributed by atoms with Crippen LogP contribution in [0.3, 0.4) is 0 Å². The Morgan fingerprint density at radius 1 is 0.633 bits per heavy atom. The maximum absolute atomic E-state index is 12.7. The molecular weight excluding hydrogens is 372 g/mol. The van der Waals surface area contributed by atoms with E-state index in [0.717, 1.165) is 22.0 Å². The number of hydrogen-bond donors (Lipinski definition) is 2. The lowest BCUT2D eigenvalue weighted by atomic mass is 10.0. The summed E-state index contributed by atoms with van der Waals surface area (Å²) in [4.78, 5) is 25.2. The van der Waals surface area contributed by atoms with E-state index in [1.807, 2.05) is 74.5 Å². The summed E-state index contributed by atoms with van der Waals surface area (Å²) in [5, 5.41) is 7.95. The van der Waals surface area contributed by atoms with Crippen molar-refractivity contribution < 1.29 is 9.59 Å². The van der Waals surface area contributed by atoms with Crippen LogP contribution in [0.25, 0.3) is 10.8 Å². The lowest BCUT2D eigenvalue weighted by Crippen LogP contribution is -2.15. The van der Waals surface area contributed by atoms with Crippen LogP contribution in [0.15, 0.2) is 84.9 Å². The average molecular weight is 394 g/mol. The van der Waals surface area contributed by atoms with Crippen LogP contribution < -0.4 is 10.6 Å². The molecule has 30 heavy (non-hydrogen) atoms. The molecule has 4 nitrogen and oxygen atoms in total. The Kier molecular flexibility index (Phi) is 5.31. The van der Waals surface area contributed by atoms with Crippen LogP contribution in [-0.4, -0.2) is 11.8 Å². The normalized spacial score (nSPS) is 10.6. The van der Waals surface area contributed by atoms with Crippen LogP contribution in [-0.2, 0) is 0 Å². The predicted octanol–water partition coefficient (Wildman–Crippen LogP) is 5.96. The third-order valence-corrected chi connectivity index (χ3v) is 5.03. The quantitative estimate of drug-likeness (QED) is 0.449. The van der Waals surface area contributed by atoms with Crippen molar-refractivity contribution in [2.24, 2.45) is 0 Å². The fraction of sp³-hybridized carbons (Fsp3) is 0.0769. The first-order valence-electron chi connectivity index (χ1n) is 9.78. The molecule has 2 amide bonds. The highest BCUT2D eigenvalue weighted by Crippen LogP contribution is 2.21. The molecule has 0 aliphatic carbocycles. The predicted molar refractivity (Wildman–Crippen MR) is 122 cm³/mol. The standard InChI is InChI=1S/C26H22N2O2/c1-17-8-9-20-16-22(11-10-19(20)14-17)26(30)28-24-13-12-21(15-18(24)2)25(29)27-23-6-4-3-5-7-23/h3-16H,1-2H3,(H,27,29)(H,28,30). The second-order valence-electron chi connectivity index (χ2n) is 7.37. The zero-order valence-corrected chi connectivity index (χ0v) is 16.9. The van der Waals surface area contributed by atoms with Gasteiger partial charge in [-0.2, -0.15) is 0 Å². The molecule has 0 saturated carbocycles. The number of carbonyl (C=O) groups excluding carboxylic acids is 2. The molecule has 0 fully saturated rings. The SMILES string of the molecule is Cc1ccc2cc(C(=O)Nc3ccc(C(=O)Nc4ccccc4)cc3C)ccc2c1. The Balaban J connectivity index is 1.50. The van der Waals surface area contributed by atoms with Gasteiger partial charge in [0.2, 0.25) is 0 Å². The zero-order valence-electron chi connectivity index (χ0n) is 16.9. The Bertz CT molecular complexity index is 1250. The van der Waals surface area contributed by atoms with Gasteiger partial charge in [0.25, 0.3) is 11.8 Å². The van der Waals surface area contributed by atoms with Crippen molar-refractivity contribution in [3.8, 4) is 0 Å².